The SMILES string of the molecule is C=CC[C@@](O)(CN(Cc1ccccc1)Cc1ccccc1)c1ccccc1. The lowest BCUT2D eigenvalue weighted by Crippen LogP contribution is -2.40. The van der Waals surface area contributed by atoms with E-state index in [1.54, 1.807) is 6.08 Å². The third-order valence-corrected chi connectivity index (χ3v) is 4.78. The predicted octanol–water partition coefficient (Wildman–Crippen LogP) is 5.15. The van der Waals surface area contributed by atoms with Gasteiger partial charge in [-0.3, -0.25) is 4.90 Å². The first-order valence-electron chi connectivity index (χ1n) is 9.39. The molecule has 0 saturated heterocycles. The average Bonchev–Trinajstić information content (AvgIpc) is 2.70. The molecule has 0 amide bonds. The molecule has 138 valence electrons. The zero-order chi connectivity index (χ0) is 19.0. The smallest absolute Gasteiger partial charge is 0.106 e. The second kappa shape index (κ2) is 9.31. The number of aliphatic hydroxyl groups is 1. The van der Waals surface area contributed by atoms with Gasteiger partial charge in [-0.15, -0.1) is 6.58 Å². The van der Waals surface area contributed by atoms with Gasteiger partial charge in [0.1, 0.15) is 5.60 Å². The highest BCUT2D eigenvalue weighted by Crippen LogP contribution is 2.28. The normalized spacial score (nSPS) is 13.3. The Kier molecular flexibility index (Phi) is 6.59. The molecule has 3 aromatic carbocycles. The van der Waals surface area contributed by atoms with E-state index in [-0.39, 0.29) is 0 Å². The van der Waals surface area contributed by atoms with Crippen molar-refractivity contribution in [3.8, 4) is 0 Å². The molecule has 0 aliphatic heterocycles. The van der Waals surface area contributed by atoms with E-state index in [9.17, 15) is 5.11 Å². The van der Waals surface area contributed by atoms with Gasteiger partial charge in [0.15, 0.2) is 0 Å². The molecular weight excluding hydrogens is 330 g/mol. The fourth-order valence-electron chi connectivity index (χ4n) is 3.48. The fourth-order valence-corrected chi connectivity index (χ4v) is 3.48. The molecule has 0 radical (unpaired) electrons. The van der Waals surface area contributed by atoms with Crippen LogP contribution in [0.2, 0.25) is 0 Å². The van der Waals surface area contributed by atoms with Gasteiger partial charge in [-0.1, -0.05) is 97.1 Å². The first-order valence-corrected chi connectivity index (χ1v) is 9.39. The van der Waals surface area contributed by atoms with Gasteiger partial charge in [0.2, 0.25) is 0 Å². The Balaban J connectivity index is 1.87. The zero-order valence-electron chi connectivity index (χ0n) is 15.7. The Morgan fingerprint density at radius 3 is 1.63 bits per heavy atom. The lowest BCUT2D eigenvalue weighted by Gasteiger charge is -2.34. The molecule has 0 aliphatic carbocycles. The van der Waals surface area contributed by atoms with Crippen molar-refractivity contribution in [3.63, 3.8) is 0 Å². The molecule has 27 heavy (non-hydrogen) atoms. The largest absolute Gasteiger partial charge is 0.383 e. The van der Waals surface area contributed by atoms with Crippen molar-refractivity contribution in [2.24, 2.45) is 0 Å². The highest BCUT2D eigenvalue weighted by atomic mass is 16.3. The van der Waals surface area contributed by atoms with E-state index in [0.29, 0.717) is 13.0 Å². The van der Waals surface area contributed by atoms with Crippen molar-refractivity contribution in [1.82, 2.24) is 4.90 Å². The van der Waals surface area contributed by atoms with Gasteiger partial charge >= 0.3 is 0 Å². The van der Waals surface area contributed by atoms with Crippen LogP contribution in [-0.4, -0.2) is 16.6 Å². The van der Waals surface area contributed by atoms with E-state index in [1.165, 1.54) is 11.1 Å². The molecule has 3 aromatic rings. The van der Waals surface area contributed by atoms with E-state index in [2.05, 4.69) is 60.0 Å². The third-order valence-electron chi connectivity index (χ3n) is 4.78. The molecule has 0 spiro atoms. The van der Waals surface area contributed by atoms with Gasteiger partial charge in [0, 0.05) is 19.6 Å². The van der Waals surface area contributed by atoms with Gasteiger partial charge in [-0.2, -0.15) is 0 Å². The Morgan fingerprint density at radius 1 is 0.741 bits per heavy atom. The lowest BCUT2D eigenvalue weighted by atomic mass is 9.89. The highest BCUT2D eigenvalue weighted by molar-refractivity contribution is 5.24. The second-order valence-electron chi connectivity index (χ2n) is 7.01. The second-order valence-corrected chi connectivity index (χ2v) is 7.01. The van der Waals surface area contributed by atoms with Crippen LogP contribution in [-0.2, 0) is 18.7 Å². The molecule has 2 heteroatoms. The molecule has 0 fully saturated rings. The van der Waals surface area contributed by atoms with Crippen LogP contribution < -0.4 is 0 Å². The Morgan fingerprint density at radius 2 is 1.19 bits per heavy atom. The summed E-state index contributed by atoms with van der Waals surface area (Å²) in [7, 11) is 0. The van der Waals surface area contributed by atoms with E-state index in [4.69, 9.17) is 0 Å². The molecule has 0 saturated carbocycles. The summed E-state index contributed by atoms with van der Waals surface area (Å²) in [6, 6.07) is 30.7. The number of nitrogens with zero attached hydrogens (tertiary/aromatic N) is 1. The van der Waals surface area contributed by atoms with Gasteiger partial charge < -0.3 is 5.11 Å². The van der Waals surface area contributed by atoms with E-state index in [0.717, 1.165) is 18.7 Å². The molecule has 0 aromatic heterocycles. The summed E-state index contributed by atoms with van der Waals surface area (Å²) in [5, 5.41) is 11.5. The van der Waals surface area contributed by atoms with Crippen molar-refractivity contribution in [3.05, 3.63) is 120 Å². The van der Waals surface area contributed by atoms with E-state index in [1.807, 2.05) is 42.5 Å². The predicted molar refractivity (Wildman–Crippen MR) is 112 cm³/mol. The maximum Gasteiger partial charge on any atom is 0.106 e. The van der Waals surface area contributed by atoms with Gasteiger partial charge in [-0.05, 0) is 23.1 Å². The van der Waals surface area contributed by atoms with Crippen molar-refractivity contribution in [1.29, 1.82) is 0 Å². The first-order chi connectivity index (χ1) is 13.2. The summed E-state index contributed by atoms with van der Waals surface area (Å²) in [6.45, 7) is 5.96. The van der Waals surface area contributed by atoms with Crippen molar-refractivity contribution >= 4 is 0 Å². The minimum Gasteiger partial charge on any atom is -0.383 e. The summed E-state index contributed by atoms with van der Waals surface area (Å²) >= 11 is 0. The summed E-state index contributed by atoms with van der Waals surface area (Å²) < 4.78 is 0. The topological polar surface area (TPSA) is 23.5 Å². The minimum atomic E-state index is -0.966. The molecule has 0 bridgehead atoms. The summed E-state index contributed by atoms with van der Waals surface area (Å²) in [5.74, 6) is 0. The van der Waals surface area contributed by atoms with Crippen LogP contribution in [0, 0.1) is 0 Å². The third kappa shape index (κ3) is 5.40. The summed E-state index contributed by atoms with van der Waals surface area (Å²) in [4.78, 5) is 2.31. The first kappa shape index (κ1) is 19.1. The molecule has 3 rings (SSSR count). The van der Waals surface area contributed by atoms with Gasteiger partial charge in [-0.25, -0.2) is 0 Å². The Hall–Kier alpha value is -2.68. The van der Waals surface area contributed by atoms with Crippen LogP contribution in [0.4, 0.5) is 0 Å². The Bertz CT molecular complexity index is 775. The van der Waals surface area contributed by atoms with Crippen LogP contribution >= 0.6 is 0 Å². The van der Waals surface area contributed by atoms with Crippen molar-refractivity contribution in [2.45, 2.75) is 25.1 Å². The molecule has 0 unspecified atom stereocenters. The quantitative estimate of drug-likeness (QED) is 0.535. The fraction of sp³-hybridized carbons (Fsp3) is 0.200. The number of hydrogen-bond donors (Lipinski definition) is 1. The number of benzene rings is 3. The van der Waals surface area contributed by atoms with Crippen molar-refractivity contribution < 1.29 is 5.11 Å². The lowest BCUT2D eigenvalue weighted by molar-refractivity contribution is -0.00352. The Labute approximate surface area is 162 Å². The van der Waals surface area contributed by atoms with Crippen LogP contribution in [0.15, 0.2) is 104 Å². The standard InChI is InChI=1S/C25H27NO/c1-2-18-25(27,24-16-10-5-11-17-24)21-26(19-22-12-6-3-7-13-22)20-23-14-8-4-9-15-23/h2-17,27H,1,18-21H2/t25-/m1/s1. The summed E-state index contributed by atoms with van der Waals surface area (Å²) in [5.41, 5.74) is 2.44. The monoisotopic (exact) mass is 357 g/mol. The molecule has 1 atom stereocenters. The van der Waals surface area contributed by atoms with Crippen molar-refractivity contribution in [2.75, 3.05) is 6.54 Å². The zero-order valence-corrected chi connectivity index (χ0v) is 15.7. The maximum atomic E-state index is 11.5. The van der Waals surface area contributed by atoms with E-state index >= 15 is 0 Å². The number of hydrogen-bond acceptors (Lipinski definition) is 2. The van der Waals surface area contributed by atoms with Gasteiger partial charge in [0.25, 0.3) is 0 Å². The highest BCUT2D eigenvalue weighted by Gasteiger charge is 2.30. The summed E-state index contributed by atoms with van der Waals surface area (Å²) in [6.07, 6.45) is 2.31. The average molecular weight is 357 g/mol. The molecule has 2 nitrogen and oxygen atoms in total. The van der Waals surface area contributed by atoms with Crippen LogP contribution in [0.5, 0.6) is 0 Å². The van der Waals surface area contributed by atoms with Crippen LogP contribution in [0.1, 0.15) is 23.1 Å². The molecular formula is C25H27NO. The van der Waals surface area contributed by atoms with E-state index < -0.39 is 5.60 Å². The molecule has 0 aliphatic rings. The van der Waals surface area contributed by atoms with Crippen LogP contribution in [0.3, 0.4) is 0 Å². The van der Waals surface area contributed by atoms with Crippen LogP contribution in [0.25, 0.3) is 0 Å². The van der Waals surface area contributed by atoms with Gasteiger partial charge in [0.05, 0.1) is 0 Å². The number of rotatable bonds is 9. The molecule has 1 N–H and O–H groups in total. The molecule has 0 heterocycles. The maximum absolute atomic E-state index is 11.5. The minimum absolute atomic E-state index is 0.511.